The highest BCUT2D eigenvalue weighted by Gasteiger charge is 2.35. The molecule has 0 radical (unpaired) electrons. The van der Waals surface area contributed by atoms with Gasteiger partial charge < -0.3 is 0 Å². The van der Waals surface area contributed by atoms with Crippen molar-refractivity contribution in [2.45, 2.75) is 44.9 Å². The van der Waals surface area contributed by atoms with E-state index in [1.165, 1.54) is 25.7 Å². The topological polar surface area (TPSA) is 17.1 Å². The Morgan fingerprint density at radius 2 is 1.75 bits per heavy atom. The lowest BCUT2D eigenvalue weighted by atomic mass is 9.66. The van der Waals surface area contributed by atoms with Crippen molar-refractivity contribution < 1.29 is 13.6 Å². The second-order valence-corrected chi connectivity index (χ2v) is 6.30. The van der Waals surface area contributed by atoms with Gasteiger partial charge in [-0.1, -0.05) is 25.7 Å². The number of hydrogen-bond donors (Lipinski definition) is 0. The van der Waals surface area contributed by atoms with Gasteiger partial charge in [-0.2, -0.15) is 0 Å². The summed E-state index contributed by atoms with van der Waals surface area (Å²) in [6.07, 6.45) is 7.78. The first kappa shape index (κ1) is 13.7. The van der Waals surface area contributed by atoms with E-state index in [2.05, 4.69) is 0 Å². The van der Waals surface area contributed by atoms with Gasteiger partial charge >= 0.3 is 0 Å². The Hall–Kier alpha value is -1.25. The van der Waals surface area contributed by atoms with E-state index < -0.39 is 11.6 Å². The molecule has 3 rings (SSSR count). The summed E-state index contributed by atoms with van der Waals surface area (Å²) in [5, 5.41) is 0. The molecule has 3 unspecified atom stereocenters. The largest absolute Gasteiger partial charge is 0.294 e. The van der Waals surface area contributed by atoms with E-state index in [0.717, 1.165) is 43.4 Å². The van der Waals surface area contributed by atoms with Crippen molar-refractivity contribution in [3.05, 3.63) is 35.4 Å². The number of ketones is 1. The van der Waals surface area contributed by atoms with Crippen LogP contribution in [0.25, 0.3) is 0 Å². The van der Waals surface area contributed by atoms with E-state index >= 15 is 0 Å². The van der Waals surface area contributed by atoms with Gasteiger partial charge in [0, 0.05) is 5.92 Å². The first-order valence-corrected chi connectivity index (χ1v) is 7.64. The summed E-state index contributed by atoms with van der Waals surface area (Å²) in [5.74, 6) is -0.0897. The minimum Gasteiger partial charge on any atom is -0.294 e. The maximum Gasteiger partial charge on any atom is 0.168 e. The van der Waals surface area contributed by atoms with Crippen molar-refractivity contribution in [3.8, 4) is 0 Å². The van der Waals surface area contributed by atoms with Crippen LogP contribution in [0.4, 0.5) is 8.78 Å². The van der Waals surface area contributed by atoms with Crippen LogP contribution in [0.3, 0.4) is 0 Å². The highest BCUT2D eigenvalue weighted by Crippen LogP contribution is 2.43. The van der Waals surface area contributed by atoms with Gasteiger partial charge in [0.2, 0.25) is 0 Å². The smallest absolute Gasteiger partial charge is 0.168 e. The van der Waals surface area contributed by atoms with Gasteiger partial charge in [-0.15, -0.1) is 0 Å². The predicted octanol–water partition coefficient (Wildman–Crippen LogP) is 4.75. The van der Waals surface area contributed by atoms with Crippen molar-refractivity contribution in [3.63, 3.8) is 0 Å². The quantitative estimate of drug-likeness (QED) is 0.713. The molecule has 2 saturated carbocycles. The highest BCUT2D eigenvalue weighted by atomic mass is 19.1. The van der Waals surface area contributed by atoms with E-state index in [0.29, 0.717) is 5.92 Å². The van der Waals surface area contributed by atoms with Gasteiger partial charge in [0.15, 0.2) is 5.78 Å². The molecule has 3 heteroatoms. The normalized spacial score (nSPS) is 29.8. The molecule has 0 aliphatic heterocycles. The third-order valence-corrected chi connectivity index (χ3v) is 5.10. The molecule has 3 atom stereocenters. The zero-order valence-corrected chi connectivity index (χ0v) is 11.6. The summed E-state index contributed by atoms with van der Waals surface area (Å²) in [5.41, 5.74) is -0.0655. The molecule has 1 nitrogen and oxygen atoms in total. The van der Waals surface area contributed by atoms with E-state index in [1.807, 2.05) is 0 Å². The molecule has 20 heavy (non-hydrogen) atoms. The van der Waals surface area contributed by atoms with E-state index in [-0.39, 0.29) is 17.3 Å². The molecular formula is C17H20F2O. The summed E-state index contributed by atoms with van der Waals surface area (Å²) in [7, 11) is 0. The lowest BCUT2D eigenvalue weighted by molar-refractivity contribution is 0.0759. The number of fused-ring (bicyclic) bond motifs is 1. The van der Waals surface area contributed by atoms with Crippen LogP contribution in [0.15, 0.2) is 18.2 Å². The fourth-order valence-corrected chi connectivity index (χ4v) is 4.02. The summed E-state index contributed by atoms with van der Waals surface area (Å²) < 4.78 is 26.9. The van der Waals surface area contributed by atoms with Crippen molar-refractivity contribution in [2.24, 2.45) is 17.8 Å². The molecular weight excluding hydrogens is 258 g/mol. The first-order chi connectivity index (χ1) is 9.65. The van der Waals surface area contributed by atoms with E-state index in [4.69, 9.17) is 0 Å². The van der Waals surface area contributed by atoms with Gasteiger partial charge in [0.05, 0.1) is 5.56 Å². The van der Waals surface area contributed by atoms with Gasteiger partial charge in [-0.25, -0.2) is 8.78 Å². The molecule has 0 N–H and O–H groups in total. The number of Topliss-reactive ketones (excluding diaryl/α,β-unsaturated/α-hetero) is 1. The van der Waals surface area contributed by atoms with Crippen LogP contribution in [0.1, 0.15) is 55.3 Å². The summed E-state index contributed by atoms with van der Waals surface area (Å²) in [6.45, 7) is 0. The predicted molar refractivity (Wildman–Crippen MR) is 73.5 cm³/mol. The van der Waals surface area contributed by atoms with Crippen LogP contribution in [0.5, 0.6) is 0 Å². The molecule has 0 heterocycles. The Bertz CT molecular complexity index is 512. The Labute approximate surface area is 118 Å². The molecule has 0 spiro atoms. The van der Waals surface area contributed by atoms with Crippen molar-refractivity contribution in [1.29, 1.82) is 0 Å². The summed E-state index contributed by atoms with van der Waals surface area (Å²) >= 11 is 0. The molecule has 2 aliphatic rings. The Kier molecular flexibility index (Phi) is 3.86. The van der Waals surface area contributed by atoms with Gasteiger partial charge in [0.1, 0.15) is 11.6 Å². The molecule has 1 aromatic rings. The highest BCUT2D eigenvalue weighted by molar-refractivity contribution is 5.98. The van der Waals surface area contributed by atoms with Gasteiger partial charge in [-0.05, 0) is 49.3 Å². The number of rotatable bonds is 2. The van der Waals surface area contributed by atoms with Gasteiger partial charge in [0.25, 0.3) is 0 Å². The second kappa shape index (κ2) is 5.63. The van der Waals surface area contributed by atoms with Crippen LogP contribution < -0.4 is 0 Å². The lowest BCUT2D eigenvalue weighted by Crippen LogP contribution is -2.31. The minimum atomic E-state index is -0.595. The summed E-state index contributed by atoms with van der Waals surface area (Å²) in [4.78, 5) is 12.4. The average Bonchev–Trinajstić information content (AvgIpc) is 2.48. The zero-order chi connectivity index (χ0) is 14.1. The van der Waals surface area contributed by atoms with Crippen LogP contribution in [-0.2, 0) is 0 Å². The number of carbonyl (C=O) groups is 1. The van der Waals surface area contributed by atoms with Crippen LogP contribution in [0, 0.1) is 29.4 Å². The van der Waals surface area contributed by atoms with Gasteiger partial charge in [-0.3, -0.25) is 4.79 Å². The fourth-order valence-electron chi connectivity index (χ4n) is 4.02. The van der Waals surface area contributed by atoms with E-state index in [9.17, 15) is 13.6 Å². The third-order valence-electron chi connectivity index (χ3n) is 5.10. The Balaban J connectivity index is 1.76. The SMILES string of the molecule is O=C(c1cc(F)ccc1F)C1CCC2CCCCC2C1. The van der Waals surface area contributed by atoms with Crippen LogP contribution in [-0.4, -0.2) is 5.78 Å². The van der Waals surface area contributed by atoms with Crippen LogP contribution in [0.2, 0.25) is 0 Å². The zero-order valence-electron chi connectivity index (χ0n) is 11.6. The Morgan fingerprint density at radius 1 is 1.00 bits per heavy atom. The molecule has 2 aliphatic carbocycles. The summed E-state index contributed by atoms with van der Waals surface area (Å²) in [6, 6.07) is 3.16. The number of hydrogen-bond acceptors (Lipinski definition) is 1. The van der Waals surface area contributed by atoms with Crippen molar-refractivity contribution >= 4 is 5.78 Å². The standard InChI is InChI=1S/C17H20F2O/c18-14-7-8-16(19)15(10-14)17(20)13-6-5-11-3-1-2-4-12(11)9-13/h7-8,10-13H,1-6,9H2. The second-order valence-electron chi connectivity index (χ2n) is 6.30. The Morgan fingerprint density at radius 3 is 2.55 bits per heavy atom. The number of benzene rings is 1. The number of carbonyl (C=O) groups excluding carboxylic acids is 1. The molecule has 0 saturated heterocycles. The van der Waals surface area contributed by atoms with Crippen LogP contribution >= 0.6 is 0 Å². The fraction of sp³-hybridized carbons (Fsp3) is 0.588. The molecule has 0 aromatic heterocycles. The molecule has 2 fully saturated rings. The molecule has 1 aromatic carbocycles. The van der Waals surface area contributed by atoms with E-state index in [1.54, 1.807) is 0 Å². The minimum absolute atomic E-state index is 0.0655. The average molecular weight is 278 g/mol. The first-order valence-electron chi connectivity index (χ1n) is 7.64. The molecule has 0 bridgehead atoms. The van der Waals surface area contributed by atoms with Crippen molar-refractivity contribution in [2.75, 3.05) is 0 Å². The lowest BCUT2D eigenvalue weighted by Gasteiger charge is -2.38. The third kappa shape index (κ3) is 2.63. The maximum atomic E-state index is 13.7. The maximum absolute atomic E-state index is 13.7. The monoisotopic (exact) mass is 278 g/mol. The molecule has 0 amide bonds. The van der Waals surface area contributed by atoms with Crippen molar-refractivity contribution in [1.82, 2.24) is 0 Å². The number of halogens is 2. The molecule has 108 valence electrons.